The van der Waals surface area contributed by atoms with Gasteiger partial charge in [0.1, 0.15) is 24.5 Å². The van der Waals surface area contributed by atoms with Crippen molar-refractivity contribution in [2.45, 2.75) is 31.2 Å². The highest BCUT2D eigenvalue weighted by Gasteiger charge is 2.40. The summed E-state index contributed by atoms with van der Waals surface area (Å²) in [6.07, 6.45) is 1.72. The number of halogens is 1. The topological polar surface area (TPSA) is 53.7 Å². The fraction of sp³-hybridized carbons (Fsp3) is 0.500. The van der Waals surface area contributed by atoms with Gasteiger partial charge < -0.3 is 19.9 Å². The van der Waals surface area contributed by atoms with E-state index in [0.29, 0.717) is 18.2 Å². The minimum Gasteiger partial charge on any atom is -0.488 e. The third kappa shape index (κ3) is 2.08. The molecule has 3 atom stereocenters. The molecule has 0 radical (unpaired) electrons. The molecule has 2 fully saturated rings. The SMILES string of the molecule is Nc1ccc(F)cc1OC1C[C@@H]2OCO[C@@H]2C1. The van der Waals surface area contributed by atoms with Crippen LogP contribution in [-0.4, -0.2) is 25.1 Å². The molecular weight excluding hydrogens is 225 g/mol. The van der Waals surface area contributed by atoms with E-state index in [9.17, 15) is 4.39 Å². The Morgan fingerprint density at radius 2 is 1.94 bits per heavy atom. The Balaban J connectivity index is 1.69. The second-order valence-electron chi connectivity index (χ2n) is 4.42. The average Bonchev–Trinajstić information content (AvgIpc) is 2.83. The minimum absolute atomic E-state index is 0.0191. The van der Waals surface area contributed by atoms with Crippen molar-refractivity contribution < 1.29 is 18.6 Å². The lowest BCUT2D eigenvalue weighted by molar-refractivity contribution is 0.0123. The molecular formula is C12H14FNO3. The van der Waals surface area contributed by atoms with Crippen LogP contribution in [0, 0.1) is 5.82 Å². The number of hydrogen-bond acceptors (Lipinski definition) is 4. The zero-order valence-corrected chi connectivity index (χ0v) is 9.27. The molecule has 1 saturated carbocycles. The molecule has 17 heavy (non-hydrogen) atoms. The highest BCUT2D eigenvalue weighted by molar-refractivity contribution is 5.52. The van der Waals surface area contributed by atoms with Crippen LogP contribution in [0.25, 0.3) is 0 Å². The third-order valence-corrected chi connectivity index (χ3v) is 3.24. The van der Waals surface area contributed by atoms with E-state index in [1.807, 2.05) is 0 Å². The second kappa shape index (κ2) is 4.16. The highest BCUT2D eigenvalue weighted by atomic mass is 19.1. The largest absolute Gasteiger partial charge is 0.488 e. The van der Waals surface area contributed by atoms with Crippen molar-refractivity contribution in [3.05, 3.63) is 24.0 Å². The van der Waals surface area contributed by atoms with Gasteiger partial charge in [0.05, 0.1) is 17.9 Å². The van der Waals surface area contributed by atoms with Gasteiger partial charge in [-0.25, -0.2) is 4.39 Å². The average molecular weight is 239 g/mol. The molecule has 1 aromatic carbocycles. The molecule has 1 aliphatic carbocycles. The fourth-order valence-electron chi connectivity index (χ4n) is 2.37. The summed E-state index contributed by atoms with van der Waals surface area (Å²) in [5, 5.41) is 0. The molecule has 5 heteroatoms. The van der Waals surface area contributed by atoms with E-state index in [2.05, 4.69) is 0 Å². The Kier molecular flexibility index (Phi) is 2.64. The van der Waals surface area contributed by atoms with Crippen LogP contribution in [0.2, 0.25) is 0 Å². The van der Waals surface area contributed by atoms with Crippen molar-refractivity contribution in [2.75, 3.05) is 12.5 Å². The molecule has 1 saturated heterocycles. The Bertz CT molecular complexity index is 414. The van der Waals surface area contributed by atoms with Gasteiger partial charge in [0.15, 0.2) is 0 Å². The van der Waals surface area contributed by atoms with Gasteiger partial charge in [-0.15, -0.1) is 0 Å². The number of anilines is 1. The van der Waals surface area contributed by atoms with E-state index in [4.69, 9.17) is 19.9 Å². The molecule has 0 amide bonds. The fourth-order valence-corrected chi connectivity index (χ4v) is 2.37. The number of ether oxygens (including phenoxy) is 3. The Morgan fingerprint density at radius 3 is 2.65 bits per heavy atom. The lowest BCUT2D eigenvalue weighted by atomic mass is 10.2. The van der Waals surface area contributed by atoms with Crippen LogP contribution in [-0.2, 0) is 9.47 Å². The van der Waals surface area contributed by atoms with Gasteiger partial charge in [-0.3, -0.25) is 0 Å². The highest BCUT2D eigenvalue weighted by Crippen LogP contribution is 2.34. The summed E-state index contributed by atoms with van der Waals surface area (Å²) >= 11 is 0. The van der Waals surface area contributed by atoms with Gasteiger partial charge in [0.25, 0.3) is 0 Å². The molecule has 92 valence electrons. The van der Waals surface area contributed by atoms with Gasteiger partial charge in [-0.2, -0.15) is 0 Å². The number of fused-ring (bicyclic) bond motifs is 1. The molecule has 1 aliphatic heterocycles. The Labute approximate surface area is 98.5 Å². The molecule has 1 unspecified atom stereocenters. The Hall–Kier alpha value is -1.33. The first kappa shape index (κ1) is 10.8. The lowest BCUT2D eigenvalue weighted by Crippen LogP contribution is -2.15. The number of nitrogens with two attached hydrogens (primary N) is 1. The molecule has 4 nitrogen and oxygen atoms in total. The number of rotatable bonds is 2. The van der Waals surface area contributed by atoms with Crippen LogP contribution in [0.1, 0.15) is 12.8 Å². The summed E-state index contributed by atoms with van der Waals surface area (Å²) in [4.78, 5) is 0. The first-order chi connectivity index (χ1) is 8.22. The zero-order chi connectivity index (χ0) is 11.8. The van der Waals surface area contributed by atoms with E-state index in [1.54, 1.807) is 0 Å². The molecule has 3 rings (SSSR count). The maximum absolute atomic E-state index is 13.1. The van der Waals surface area contributed by atoms with E-state index >= 15 is 0 Å². The standard InChI is InChI=1S/C12H14FNO3/c13-7-1-2-9(14)10(3-7)17-8-4-11-12(5-8)16-6-15-11/h1-3,8,11-12H,4-6,14H2/t8?,11-,12+. The summed E-state index contributed by atoms with van der Waals surface area (Å²) in [7, 11) is 0. The van der Waals surface area contributed by atoms with Crippen LogP contribution >= 0.6 is 0 Å². The van der Waals surface area contributed by atoms with Gasteiger partial charge >= 0.3 is 0 Å². The number of nitrogen functional groups attached to an aromatic ring is 1. The van der Waals surface area contributed by atoms with Crippen LogP contribution < -0.4 is 10.5 Å². The molecule has 2 N–H and O–H groups in total. The maximum Gasteiger partial charge on any atom is 0.147 e. The summed E-state index contributed by atoms with van der Waals surface area (Å²) in [6, 6.07) is 4.14. The molecule has 2 aliphatic rings. The molecule has 0 aromatic heterocycles. The van der Waals surface area contributed by atoms with Crippen LogP contribution in [0.5, 0.6) is 5.75 Å². The Morgan fingerprint density at radius 1 is 1.24 bits per heavy atom. The lowest BCUT2D eigenvalue weighted by Gasteiger charge is -2.15. The molecule has 0 bridgehead atoms. The first-order valence-electron chi connectivity index (χ1n) is 5.67. The first-order valence-corrected chi connectivity index (χ1v) is 5.67. The van der Waals surface area contributed by atoms with Crippen molar-refractivity contribution in [1.29, 1.82) is 0 Å². The van der Waals surface area contributed by atoms with Crippen molar-refractivity contribution >= 4 is 5.69 Å². The predicted octanol–water partition coefficient (Wildman–Crippen LogP) is 1.69. The predicted molar refractivity (Wildman–Crippen MR) is 59.1 cm³/mol. The summed E-state index contributed by atoms with van der Waals surface area (Å²) in [5.74, 6) is 0.0508. The minimum atomic E-state index is -0.347. The molecule has 1 heterocycles. The molecule has 0 spiro atoms. The van der Waals surface area contributed by atoms with Gasteiger partial charge in [0.2, 0.25) is 0 Å². The summed E-state index contributed by atoms with van der Waals surface area (Å²) in [5.41, 5.74) is 6.18. The van der Waals surface area contributed by atoms with Gasteiger partial charge in [-0.05, 0) is 12.1 Å². The van der Waals surface area contributed by atoms with E-state index in [0.717, 1.165) is 12.8 Å². The number of benzene rings is 1. The smallest absolute Gasteiger partial charge is 0.147 e. The second-order valence-corrected chi connectivity index (χ2v) is 4.42. The monoisotopic (exact) mass is 239 g/mol. The van der Waals surface area contributed by atoms with Crippen molar-refractivity contribution in [1.82, 2.24) is 0 Å². The van der Waals surface area contributed by atoms with Crippen molar-refractivity contribution in [2.24, 2.45) is 0 Å². The quantitative estimate of drug-likeness (QED) is 0.798. The van der Waals surface area contributed by atoms with Crippen LogP contribution in [0.4, 0.5) is 10.1 Å². The van der Waals surface area contributed by atoms with Crippen LogP contribution in [0.3, 0.4) is 0 Å². The zero-order valence-electron chi connectivity index (χ0n) is 9.27. The van der Waals surface area contributed by atoms with Gasteiger partial charge in [0, 0.05) is 18.9 Å². The van der Waals surface area contributed by atoms with Gasteiger partial charge in [-0.1, -0.05) is 0 Å². The maximum atomic E-state index is 13.1. The van der Waals surface area contributed by atoms with E-state index < -0.39 is 0 Å². The third-order valence-electron chi connectivity index (χ3n) is 3.24. The number of hydrogen-bond donors (Lipinski definition) is 1. The molecule has 1 aromatic rings. The van der Waals surface area contributed by atoms with Crippen molar-refractivity contribution in [3.8, 4) is 5.75 Å². The summed E-state index contributed by atoms with van der Waals surface area (Å²) in [6.45, 7) is 0.365. The van der Waals surface area contributed by atoms with Crippen LogP contribution in [0.15, 0.2) is 18.2 Å². The summed E-state index contributed by atoms with van der Waals surface area (Å²) < 4.78 is 29.5. The van der Waals surface area contributed by atoms with E-state index in [1.165, 1.54) is 18.2 Å². The normalized spacial score (nSPS) is 31.5. The van der Waals surface area contributed by atoms with E-state index in [-0.39, 0.29) is 24.1 Å². The van der Waals surface area contributed by atoms with Crippen molar-refractivity contribution in [3.63, 3.8) is 0 Å².